The van der Waals surface area contributed by atoms with Gasteiger partial charge in [0, 0.05) is 30.7 Å². The summed E-state index contributed by atoms with van der Waals surface area (Å²) in [4.78, 5) is 25.2. The number of amides is 1. The third kappa shape index (κ3) is 5.39. The van der Waals surface area contributed by atoms with E-state index in [2.05, 4.69) is 57.1 Å². The van der Waals surface area contributed by atoms with Crippen molar-refractivity contribution in [3.05, 3.63) is 70.8 Å². The van der Waals surface area contributed by atoms with Crippen LogP contribution in [0, 0.1) is 16.7 Å². The number of hydrazine groups is 1. The second-order valence-electron chi connectivity index (χ2n) is 7.88. The molecule has 1 aromatic carbocycles. The van der Waals surface area contributed by atoms with Crippen molar-refractivity contribution in [2.24, 2.45) is 5.41 Å². The van der Waals surface area contributed by atoms with Gasteiger partial charge in [-0.1, -0.05) is 32.9 Å². The molecular formula is C22H21BrN6O. The van der Waals surface area contributed by atoms with Crippen LogP contribution in [0.1, 0.15) is 37.0 Å². The Kier molecular flexibility index (Phi) is 6.43. The highest BCUT2D eigenvalue weighted by Gasteiger charge is 2.23. The molecule has 0 atom stereocenters. The summed E-state index contributed by atoms with van der Waals surface area (Å²) in [5.41, 5.74) is 5.31. The number of rotatable bonds is 5. The Balaban J connectivity index is 1.86. The van der Waals surface area contributed by atoms with E-state index in [1.54, 1.807) is 29.5 Å². The normalized spacial score (nSPS) is 10.9. The second kappa shape index (κ2) is 9.01. The summed E-state index contributed by atoms with van der Waals surface area (Å²) < 4.78 is 0.582. The summed E-state index contributed by atoms with van der Waals surface area (Å²) in [5.74, 6) is 0.186. The summed E-state index contributed by atoms with van der Waals surface area (Å²) in [7, 11) is 0. The van der Waals surface area contributed by atoms with Crippen LogP contribution in [0.25, 0.3) is 11.1 Å². The lowest BCUT2D eigenvalue weighted by molar-refractivity contribution is 0.0945. The zero-order valence-electron chi connectivity index (χ0n) is 16.9. The number of hydrogen-bond acceptors (Lipinski definition) is 6. The molecule has 8 heteroatoms. The molecule has 0 fully saturated rings. The summed E-state index contributed by atoms with van der Waals surface area (Å²) in [6.07, 6.45) is 4.97. The number of hydrogen-bond donors (Lipinski definition) is 1. The first-order valence-electron chi connectivity index (χ1n) is 9.28. The van der Waals surface area contributed by atoms with Gasteiger partial charge in [0.2, 0.25) is 5.82 Å². The molecule has 0 aliphatic heterocycles. The van der Waals surface area contributed by atoms with Crippen molar-refractivity contribution in [3.8, 4) is 17.2 Å². The predicted molar refractivity (Wildman–Crippen MR) is 118 cm³/mol. The summed E-state index contributed by atoms with van der Waals surface area (Å²) in [6, 6.07) is 13.1. The molecule has 0 saturated heterocycles. The van der Waals surface area contributed by atoms with Crippen LogP contribution in [0.5, 0.6) is 0 Å². The third-order valence-corrected chi connectivity index (χ3v) is 4.67. The lowest BCUT2D eigenvalue weighted by Gasteiger charge is -2.31. The fourth-order valence-corrected chi connectivity index (χ4v) is 3.19. The van der Waals surface area contributed by atoms with Crippen LogP contribution < -0.4 is 10.4 Å². The first-order valence-corrected chi connectivity index (χ1v) is 10.1. The van der Waals surface area contributed by atoms with E-state index in [0.29, 0.717) is 22.4 Å². The monoisotopic (exact) mass is 464 g/mol. The highest BCUT2D eigenvalue weighted by molar-refractivity contribution is 9.10. The van der Waals surface area contributed by atoms with E-state index >= 15 is 0 Å². The van der Waals surface area contributed by atoms with E-state index in [-0.39, 0.29) is 17.1 Å². The third-order valence-electron chi connectivity index (χ3n) is 4.11. The molecule has 30 heavy (non-hydrogen) atoms. The van der Waals surface area contributed by atoms with Gasteiger partial charge in [-0.3, -0.25) is 20.2 Å². The highest BCUT2D eigenvalue weighted by Crippen LogP contribution is 2.26. The van der Waals surface area contributed by atoms with Crippen molar-refractivity contribution in [1.29, 1.82) is 5.26 Å². The zero-order chi connectivity index (χ0) is 21.7. The molecule has 0 saturated carbocycles. The van der Waals surface area contributed by atoms with Crippen molar-refractivity contribution in [1.82, 2.24) is 20.4 Å². The van der Waals surface area contributed by atoms with Gasteiger partial charge >= 0.3 is 0 Å². The molecule has 2 heterocycles. The second-order valence-corrected chi connectivity index (χ2v) is 8.73. The molecule has 0 bridgehead atoms. The van der Waals surface area contributed by atoms with Crippen molar-refractivity contribution >= 4 is 27.7 Å². The summed E-state index contributed by atoms with van der Waals surface area (Å²) in [6.45, 7) is 6.64. The van der Waals surface area contributed by atoms with Crippen LogP contribution >= 0.6 is 15.9 Å². The van der Waals surface area contributed by atoms with E-state index in [4.69, 9.17) is 5.26 Å². The Labute approximate surface area is 183 Å². The molecule has 7 nitrogen and oxygen atoms in total. The number of nitriles is 1. The molecule has 0 spiro atoms. The Morgan fingerprint density at radius 2 is 1.77 bits per heavy atom. The number of carbonyl (C=O) groups is 1. The average Bonchev–Trinajstić information content (AvgIpc) is 2.73. The molecular weight excluding hydrogens is 444 g/mol. The van der Waals surface area contributed by atoms with Crippen molar-refractivity contribution in [2.75, 3.05) is 11.6 Å². The Morgan fingerprint density at radius 1 is 1.13 bits per heavy atom. The van der Waals surface area contributed by atoms with Crippen LogP contribution in [0.4, 0.5) is 5.82 Å². The standard InChI is InChI=1S/C22H21BrN6O/c1-22(2,3)14-29(20-18(23)13-26-19(12-24)27-20)28-21(30)17-6-4-15(5-7-17)16-8-10-25-11-9-16/h4-11,13H,14H2,1-3H3,(H,28,30). The molecule has 0 unspecified atom stereocenters. The van der Waals surface area contributed by atoms with E-state index in [9.17, 15) is 4.79 Å². The summed E-state index contributed by atoms with van der Waals surface area (Å²) >= 11 is 3.42. The van der Waals surface area contributed by atoms with E-state index in [1.807, 2.05) is 30.3 Å². The number of nitrogens with one attached hydrogen (secondary N) is 1. The molecule has 0 aliphatic rings. The lowest BCUT2D eigenvalue weighted by atomic mass is 9.97. The molecule has 3 rings (SSSR count). The minimum absolute atomic E-state index is 0.0306. The maximum Gasteiger partial charge on any atom is 0.269 e. The van der Waals surface area contributed by atoms with Crippen molar-refractivity contribution < 1.29 is 4.79 Å². The van der Waals surface area contributed by atoms with Crippen LogP contribution in [0.3, 0.4) is 0 Å². The van der Waals surface area contributed by atoms with Crippen LogP contribution in [0.15, 0.2) is 59.5 Å². The lowest BCUT2D eigenvalue weighted by Crippen LogP contribution is -2.47. The minimum Gasteiger partial charge on any atom is -0.267 e. The van der Waals surface area contributed by atoms with E-state index < -0.39 is 0 Å². The van der Waals surface area contributed by atoms with Crippen molar-refractivity contribution in [3.63, 3.8) is 0 Å². The Hall–Kier alpha value is -3.31. The molecule has 3 aromatic rings. The van der Waals surface area contributed by atoms with Crippen LogP contribution in [-0.4, -0.2) is 27.4 Å². The fourth-order valence-electron chi connectivity index (χ4n) is 2.79. The topological polar surface area (TPSA) is 94.8 Å². The molecule has 1 amide bonds. The number of nitrogens with zero attached hydrogens (tertiary/aromatic N) is 5. The highest BCUT2D eigenvalue weighted by atomic mass is 79.9. The molecule has 0 aliphatic carbocycles. The molecule has 152 valence electrons. The quantitative estimate of drug-likeness (QED) is 0.563. The van der Waals surface area contributed by atoms with E-state index in [1.165, 1.54) is 6.20 Å². The zero-order valence-corrected chi connectivity index (χ0v) is 18.5. The molecule has 2 aromatic heterocycles. The van der Waals surface area contributed by atoms with Gasteiger partial charge in [-0.2, -0.15) is 10.2 Å². The number of halogens is 1. The van der Waals surface area contributed by atoms with Gasteiger partial charge < -0.3 is 0 Å². The fraction of sp³-hybridized carbons (Fsp3) is 0.227. The smallest absolute Gasteiger partial charge is 0.267 e. The summed E-state index contributed by atoms with van der Waals surface area (Å²) in [5, 5.41) is 10.8. The first kappa shape index (κ1) is 21.4. The van der Waals surface area contributed by atoms with E-state index in [0.717, 1.165) is 11.1 Å². The number of benzene rings is 1. The van der Waals surface area contributed by atoms with Gasteiger partial charge in [0.25, 0.3) is 5.91 Å². The van der Waals surface area contributed by atoms with Gasteiger partial charge in [0.15, 0.2) is 5.82 Å². The van der Waals surface area contributed by atoms with Gasteiger partial charge in [-0.05, 0) is 56.7 Å². The maximum atomic E-state index is 12.9. The van der Waals surface area contributed by atoms with Gasteiger partial charge in [-0.25, -0.2) is 4.98 Å². The van der Waals surface area contributed by atoms with Crippen LogP contribution in [-0.2, 0) is 0 Å². The predicted octanol–water partition coefficient (Wildman–Crippen LogP) is 4.37. The van der Waals surface area contributed by atoms with Gasteiger partial charge in [-0.15, -0.1) is 0 Å². The number of aromatic nitrogens is 3. The first-order chi connectivity index (χ1) is 14.3. The van der Waals surface area contributed by atoms with Gasteiger partial charge in [0.05, 0.1) is 4.47 Å². The largest absolute Gasteiger partial charge is 0.269 e. The maximum absolute atomic E-state index is 12.9. The van der Waals surface area contributed by atoms with Crippen LogP contribution in [0.2, 0.25) is 0 Å². The Bertz CT molecular complexity index is 1070. The molecule has 1 N–H and O–H groups in total. The number of pyridine rings is 1. The SMILES string of the molecule is CC(C)(C)CN(NC(=O)c1ccc(-c2ccncc2)cc1)c1nc(C#N)ncc1Br. The number of carbonyl (C=O) groups excluding carboxylic acids is 1. The van der Waals surface area contributed by atoms with Crippen molar-refractivity contribution in [2.45, 2.75) is 20.8 Å². The Morgan fingerprint density at radius 3 is 2.37 bits per heavy atom. The number of anilines is 1. The van der Waals surface area contributed by atoms with Gasteiger partial charge in [0.1, 0.15) is 6.07 Å². The average molecular weight is 465 g/mol. The minimum atomic E-state index is -0.274. The molecule has 0 radical (unpaired) electrons.